The zero-order valence-electron chi connectivity index (χ0n) is 11.0. The second-order valence-corrected chi connectivity index (χ2v) is 6.14. The van der Waals surface area contributed by atoms with Gasteiger partial charge in [-0.2, -0.15) is 0 Å². The van der Waals surface area contributed by atoms with Crippen molar-refractivity contribution in [2.75, 3.05) is 11.5 Å². The van der Waals surface area contributed by atoms with Gasteiger partial charge in [0.1, 0.15) is 0 Å². The number of hydrogen-bond donors (Lipinski definition) is 4. The fourth-order valence-corrected chi connectivity index (χ4v) is 2.33. The minimum atomic E-state index is -0.175. The predicted octanol–water partition coefficient (Wildman–Crippen LogP) is 3.75. The van der Waals surface area contributed by atoms with E-state index in [9.17, 15) is 0 Å². The van der Waals surface area contributed by atoms with Crippen LogP contribution in [0.15, 0.2) is 46.2 Å². The van der Waals surface area contributed by atoms with E-state index in [1.807, 2.05) is 36.4 Å². The van der Waals surface area contributed by atoms with Crippen molar-refractivity contribution in [1.82, 2.24) is 0 Å². The molecule has 2 aromatic carbocycles. The van der Waals surface area contributed by atoms with Crippen molar-refractivity contribution in [3.8, 4) is 0 Å². The summed E-state index contributed by atoms with van der Waals surface area (Å²) < 4.78 is 0. The lowest BCUT2D eigenvalue weighted by atomic mass is 9.78. The molecule has 0 bridgehead atoms. The van der Waals surface area contributed by atoms with Gasteiger partial charge in [0.25, 0.3) is 0 Å². The van der Waals surface area contributed by atoms with Crippen LogP contribution in [0.1, 0.15) is 25.0 Å². The van der Waals surface area contributed by atoms with Crippen LogP contribution in [-0.2, 0) is 5.41 Å². The summed E-state index contributed by atoms with van der Waals surface area (Å²) in [5.74, 6) is 0. The van der Waals surface area contributed by atoms with Crippen LogP contribution in [0.25, 0.3) is 0 Å². The molecule has 0 fully saturated rings. The van der Waals surface area contributed by atoms with Crippen molar-refractivity contribution in [3.63, 3.8) is 0 Å². The Morgan fingerprint density at radius 3 is 1.47 bits per heavy atom. The van der Waals surface area contributed by atoms with E-state index < -0.39 is 0 Å². The third-order valence-electron chi connectivity index (χ3n) is 3.50. The minimum absolute atomic E-state index is 0.175. The molecule has 0 atom stereocenters. The number of rotatable bonds is 2. The highest BCUT2D eigenvalue weighted by Crippen LogP contribution is 2.35. The van der Waals surface area contributed by atoms with E-state index in [1.54, 1.807) is 0 Å². The van der Waals surface area contributed by atoms with Gasteiger partial charge >= 0.3 is 0 Å². The molecule has 0 spiro atoms. The molecule has 0 aliphatic carbocycles. The molecule has 2 nitrogen and oxygen atoms in total. The van der Waals surface area contributed by atoms with Crippen molar-refractivity contribution >= 4 is 36.6 Å². The zero-order chi connectivity index (χ0) is 14.2. The smallest absolute Gasteiger partial charge is 0.0452 e. The van der Waals surface area contributed by atoms with Gasteiger partial charge in [0.15, 0.2) is 0 Å². The first-order valence-electron chi connectivity index (χ1n) is 6.00. The monoisotopic (exact) mass is 290 g/mol. The summed E-state index contributed by atoms with van der Waals surface area (Å²) in [5.41, 5.74) is 15.3. The lowest BCUT2D eigenvalue weighted by Crippen LogP contribution is -2.19. The molecule has 0 radical (unpaired) electrons. The number of hydrogen-bond acceptors (Lipinski definition) is 4. The molecule has 0 saturated heterocycles. The minimum Gasteiger partial charge on any atom is -0.398 e. The Hall–Kier alpha value is -1.26. The summed E-state index contributed by atoms with van der Waals surface area (Å²) in [4.78, 5) is 1.59. The molecule has 0 aliphatic heterocycles. The highest BCUT2D eigenvalue weighted by atomic mass is 32.1. The number of thiol groups is 2. The first-order chi connectivity index (χ1) is 8.82. The van der Waals surface area contributed by atoms with Crippen LogP contribution in [-0.4, -0.2) is 0 Å². The van der Waals surface area contributed by atoms with Crippen LogP contribution >= 0.6 is 25.3 Å². The van der Waals surface area contributed by atoms with Crippen LogP contribution in [0.4, 0.5) is 11.4 Å². The van der Waals surface area contributed by atoms with E-state index in [-0.39, 0.29) is 5.41 Å². The average Bonchev–Trinajstić information content (AvgIpc) is 2.35. The molecule has 2 aromatic rings. The van der Waals surface area contributed by atoms with Crippen molar-refractivity contribution < 1.29 is 0 Å². The standard InChI is InChI=1S/C15H18N2S2/c1-15(2,9-3-5-13(18)11(16)7-9)10-4-6-14(19)12(17)8-10/h3-8,18-19H,16-17H2,1-2H3. The second-order valence-electron chi connectivity index (χ2n) is 5.17. The van der Waals surface area contributed by atoms with Crippen LogP contribution < -0.4 is 11.5 Å². The van der Waals surface area contributed by atoms with Crippen LogP contribution in [0.2, 0.25) is 0 Å². The molecule has 19 heavy (non-hydrogen) atoms. The maximum Gasteiger partial charge on any atom is 0.0452 e. The quantitative estimate of drug-likeness (QED) is 0.503. The normalized spacial score (nSPS) is 11.6. The maximum absolute atomic E-state index is 5.94. The van der Waals surface area contributed by atoms with E-state index in [1.165, 1.54) is 0 Å². The van der Waals surface area contributed by atoms with Gasteiger partial charge in [0, 0.05) is 26.6 Å². The average molecular weight is 290 g/mol. The van der Waals surface area contributed by atoms with Gasteiger partial charge in [-0.15, -0.1) is 25.3 Å². The second kappa shape index (κ2) is 5.02. The molecule has 0 aromatic heterocycles. The lowest BCUT2D eigenvalue weighted by Gasteiger charge is -2.27. The Kier molecular flexibility index (Phi) is 3.74. The summed E-state index contributed by atoms with van der Waals surface area (Å²) in [6.07, 6.45) is 0. The molecular formula is C15H18N2S2. The first-order valence-corrected chi connectivity index (χ1v) is 6.90. The van der Waals surface area contributed by atoms with Crippen LogP contribution in [0.3, 0.4) is 0 Å². The van der Waals surface area contributed by atoms with E-state index in [2.05, 4.69) is 39.1 Å². The largest absolute Gasteiger partial charge is 0.398 e. The van der Waals surface area contributed by atoms with Crippen molar-refractivity contribution in [3.05, 3.63) is 47.5 Å². The fraction of sp³-hybridized carbons (Fsp3) is 0.200. The van der Waals surface area contributed by atoms with Crippen molar-refractivity contribution in [1.29, 1.82) is 0 Å². The fourth-order valence-electron chi connectivity index (χ4n) is 2.05. The van der Waals surface area contributed by atoms with Crippen molar-refractivity contribution in [2.24, 2.45) is 0 Å². The Morgan fingerprint density at radius 1 is 0.789 bits per heavy atom. The lowest BCUT2D eigenvalue weighted by molar-refractivity contribution is 0.640. The molecule has 0 amide bonds. The molecule has 100 valence electrons. The highest BCUT2D eigenvalue weighted by molar-refractivity contribution is 7.80. The number of anilines is 2. The maximum atomic E-state index is 5.94. The SMILES string of the molecule is CC(C)(c1ccc(S)c(N)c1)c1ccc(S)c(N)c1. The summed E-state index contributed by atoms with van der Waals surface area (Å²) >= 11 is 8.61. The first kappa shape index (κ1) is 14.2. The molecule has 2 rings (SSSR count). The highest BCUT2D eigenvalue weighted by Gasteiger charge is 2.24. The summed E-state index contributed by atoms with van der Waals surface area (Å²) in [6.45, 7) is 4.29. The third-order valence-corrected chi connectivity index (χ3v) is 4.31. The molecule has 0 unspecified atom stereocenters. The summed E-state index contributed by atoms with van der Waals surface area (Å²) in [7, 11) is 0. The number of benzene rings is 2. The zero-order valence-corrected chi connectivity index (χ0v) is 12.8. The van der Waals surface area contributed by atoms with E-state index in [0.29, 0.717) is 11.4 Å². The molecule has 0 heterocycles. The van der Waals surface area contributed by atoms with Gasteiger partial charge in [-0.1, -0.05) is 26.0 Å². The summed E-state index contributed by atoms with van der Waals surface area (Å²) in [5, 5.41) is 0. The topological polar surface area (TPSA) is 52.0 Å². The van der Waals surface area contributed by atoms with Gasteiger partial charge in [-0.25, -0.2) is 0 Å². The molecule has 0 saturated carbocycles. The van der Waals surface area contributed by atoms with Crippen LogP contribution in [0, 0.1) is 0 Å². The van der Waals surface area contributed by atoms with Gasteiger partial charge in [0.05, 0.1) is 0 Å². The van der Waals surface area contributed by atoms with E-state index in [4.69, 9.17) is 11.5 Å². The third kappa shape index (κ3) is 2.69. The van der Waals surface area contributed by atoms with Gasteiger partial charge < -0.3 is 11.5 Å². The Morgan fingerprint density at radius 2 is 1.16 bits per heavy atom. The molecule has 0 aliphatic rings. The summed E-state index contributed by atoms with van der Waals surface area (Å²) in [6, 6.07) is 11.9. The van der Waals surface area contributed by atoms with E-state index in [0.717, 1.165) is 20.9 Å². The van der Waals surface area contributed by atoms with Gasteiger partial charge in [0.2, 0.25) is 0 Å². The Labute approximate surface area is 125 Å². The molecule has 4 N–H and O–H groups in total. The number of nitrogens with two attached hydrogens (primary N) is 2. The molecule has 4 heteroatoms. The van der Waals surface area contributed by atoms with Gasteiger partial charge in [-0.3, -0.25) is 0 Å². The van der Waals surface area contributed by atoms with E-state index >= 15 is 0 Å². The predicted molar refractivity (Wildman–Crippen MR) is 88.3 cm³/mol. The van der Waals surface area contributed by atoms with Crippen molar-refractivity contribution in [2.45, 2.75) is 29.1 Å². The Balaban J connectivity index is 2.51. The number of nitrogen functional groups attached to an aromatic ring is 2. The van der Waals surface area contributed by atoms with Crippen LogP contribution in [0.5, 0.6) is 0 Å². The molecular weight excluding hydrogens is 272 g/mol. The van der Waals surface area contributed by atoms with Gasteiger partial charge in [-0.05, 0) is 35.4 Å². The Bertz CT molecular complexity index is 568.